The van der Waals surface area contributed by atoms with Gasteiger partial charge in [0.1, 0.15) is 12.4 Å². The molecule has 0 radical (unpaired) electrons. The molecule has 1 atom stereocenters. The summed E-state index contributed by atoms with van der Waals surface area (Å²) in [4.78, 5) is 25.7. The van der Waals surface area contributed by atoms with Gasteiger partial charge < -0.3 is 19.5 Å². The van der Waals surface area contributed by atoms with E-state index in [1.807, 2.05) is 0 Å². The second kappa shape index (κ2) is 10.2. The van der Waals surface area contributed by atoms with Crippen molar-refractivity contribution in [3.63, 3.8) is 0 Å². The van der Waals surface area contributed by atoms with Crippen LogP contribution in [-0.4, -0.2) is 26.0 Å². The van der Waals surface area contributed by atoms with E-state index in [0.717, 1.165) is 0 Å². The number of ether oxygens (including phenoxy) is 3. The Balaban J connectivity index is 1.79. The van der Waals surface area contributed by atoms with Crippen molar-refractivity contribution in [2.45, 2.75) is 38.7 Å². The molecule has 1 heterocycles. The number of halogens is 5. The molecule has 4 rings (SSSR count). The Morgan fingerprint density at radius 2 is 1.65 bits per heavy atom. The van der Waals surface area contributed by atoms with Crippen LogP contribution in [0.2, 0.25) is 0 Å². The predicted octanol–water partition coefficient (Wildman–Crippen LogP) is 5.11. The third-order valence-electron chi connectivity index (χ3n) is 6.36. The number of hydrogen-bond acceptors (Lipinski definition) is 6. The second-order valence-electron chi connectivity index (χ2n) is 8.52. The highest BCUT2D eigenvalue weighted by Gasteiger charge is 2.39. The highest BCUT2D eigenvalue weighted by Crippen LogP contribution is 2.43. The summed E-state index contributed by atoms with van der Waals surface area (Å²) in [5.41, 5.74) is 2.40. The minimum absolute atomic E-state index is 0.150. The number of rotatable bonds is 6. The molecule has 0 bridgehead atoms. The monoisotopic (exact) mass is 523 g/mol. The smallest absolute Gasteiger partial charge is 0.336 e. The molecule has 0 saturated carbocycles. The predicted molar refractivity (Wildman–Crippen MR) is 120 cm³/mol. The fraction of sp³-hybridized carbons (Fsp3) is 0.308. The van der Waals surface area contributed by atoms with E-state index < -0.39 is 53.3 Å². The van der Waals surface area contributed by atoms with E-state index in [9.17, 15) is 31.5 Å². The van der Waals surface area contributed by atoms with Crippen LogP contribution < -0.4 is 14.8 Å². The van der Waals surface area contributed by atoms with Crippen molar-refractivity contribution in [3.05, 3.63) is 81.0 Å². The molecule has 0 saturated heterocycles. The van der Waals surface area contributed by atoms with Crippen LogP contribution in [0.3, 0.4) is 0 Å². The standard InChI is InChI=1S/C26H22F5NO5/c1-11-17(26(34)36-3)18(19-14(32-11)5-4-6-15(19)33)12-7-8-16(35-2)13(9-12)10-37-25-23(30)21(28)20(27)22(29)24(25)31/h7-9,18,32H,4-6,10H2,1-3H3. The lowest BCUT2D eigenvalue weighted by Crippen LogP contribution is -2.34. The molecule has 2 aliphatic rings. The van der Waals surface area contributed by atoms with Gasteiger partial charge in [-0.25, -0.2) is 18.0 Å². The summed E-state index contributed by atoms with van der Waals surface area (Å²) in [6.45, 7) is 1.04. The average molecular weight is 523 g/mol. The molecule has 1 N–H and O–H groups in total. The number of nitrogens with one attached hydrogen (secondary N) is 1. The van der Waals surface area contributed by atoms with Gasteiger partial charge in [-0.15, -0.1) is 0 Å². The van der Waals surface area contributed by atoms with Gasteiger partial charge in [-0.2, -0.15) is 8.78 Å². The second-order valence-corrected chi connectivity index (χ2v) is 8.52. The molecule has 0 fully saturated rings. The van der Waals surface area contributed by atoms with Gasteiger partial charge in [0.15, 0.2) is 11.5 Å². The number of methoxy groups -OCH3 is 2. The summed E-state index contributed by atoms with van der Waals surface area (Å²) in [6.07, 6.45) is 1.52. The SMILES string of the molecule is COC(=O)C1=C(C)NC2=C(C(=O)CCC2)C1c1ccc(OC)c(COc2c(F)c(F)c(F)c(F)c2F)c1. The van der Waals surface area contributed by atoms with Crippen LogP contribution in [0.5, 0.6) is 11.5 Å². The van der Waals surface area contributed by atoms with Crippen molar-refractivity contribution in [1.29, 1.82) is 0 Å². The van der Waals surface area contributed by atoms with Gasteiger partial charge in [0, 0.05) is 34.9 Å². The van der Waals surface area contributed by atoms with Gasteiger partial charge in [-0.1, -0.05) is 6.07 Å². The van der Waals surface area contributed by atoms with Crippen LogP contribution in [0, 0.1) is 29.1 Å². The van der Waals surface area contributed by atoms with Crippen molar-refractivity contribution in [2.75, 3.05) is 14.2 Å². The van der Waals surface area contributed by atoms with E-state index in [1.54, 1.807) is 13.0 Å². The van der Waals surface area contributed by atoms with Gasteiger partial charge in [0.05, 0.1) is 19.8 Å². The highest BCUT2D eigenvalue weighted by atomic mass is 19.2. The van der Waals surface area contributed by atoms with Crippen molar-refractivity contribution in [1.82, 2.24) is 5.32 Å². The molecule has 0 aromatic heterocycles. The first kappa shape index (κ1) is 26.2. The molecule has 11 heteroatoms. The van der Waals surface area contributed by atoms with Crippen molar-refractivity contribution in [3.8, 4) is 11.5 Å². The maximum absolute atomic E-state index is 14.1. The molecular formula is C26H22F5NO5. The zero-order chi connectivity index (χ0) is 27.0. The van der Waals surface area contributed by atoms with Crippen LogP contribution in [-0.2, 0) is 20.9 Å². The summed E-state index contributed by atoms with van der Waals surface area (Å²) in [7, 11) is 2.53. The van der Waals surface area contributed by atoms with Crippen LogP contribution in [0.4, 0.5) is 22.0 Å². The van der Waals surface area contributed by atoms with Gasteiger partial charge >= 0.3 is 5.97 Å². The lowest BCUT2D eigenvalue weighted by Gasteiger charge is -2.34. The molecular weight excluding hydrogens is 501 g/mol. The van der Waals surface area contributed by atoms with Crippen LogP contribution in [0.15, 0.2) is 40.7 Å². The highest BCUT2D eigenvalue weighted by molar-refractivity contribution is 6.03. The lowest BCUT2D eigenvalue weighted by molar-refractivity contribution is -0.136. The minimum atomic E-state index is -2.30. The van der Waals surface area contributed by atoms with Gasteiger partial charge in [0.2, 0.25) is 29.1 Å². The van der Waals surface area contributed by atoms with E-state index >= 15 is 0 Å². The average Bonchev–Trinajstić information content (AvgIpc) is 2.89. The summed E-state index contributed by atoms with van der Waals surface area (Å²) in [5, 5.41) is 3.13. The third kappa shape index (κ3) is 4.54. The molecule has 0 spiro atoms. The van der Waals surface area contributed by atoms with E-state index in [0.29, 0.717) is 35.4 Å². The van der Waals surface area contributed by atoms with Crippen LogP contribution in [0.1, 0.15) is 43.2 Å². The van der Waals surface area contributed by atoms with E-state index in [-0.39, 0.29) is 29.1 Å². The number of benzene rings is 2. The summed E-state index contributed by atoms with van der Waals surface area (Å²) >= 11 is 0. The number of carbonyl (C=O) groups is 2. The Labute approximate surface area is 208 Å². The van der Waals surface area contributed by atoms with Gasteiger partial charge in [-0.3, -0.25) is 4.79 Å². The number of Topliss-reactive ketones (excluding diaryl/α,β-unsaturated/α-hetero) is 1. The van der Waals surface area contributed by atoms with E-state index in [2.05, 4.69) is 5.32 Å². The first-order chi connectivity index (χ1) is 17.6. The van der Waals surface area contributed by atoms with Crippen molar-refractivity contribution >= 4 is 11.8 Å². The Morgan fingerprint density at radius 1 is 1.00 bits per heavy atom. The molecule has 0 amide bonds. The summed E-state index contributed by atoms with van der Waals surface area (Å²) < 4.78 is 84.1. The van der Waals surface area contributed by atoms with E-state index in [4.69, 9.17) is 14.2 Å². The maximum atomic E-state index is 14.1. The van der Waals surface area contributed by atoms with Crippen molar-refractivity contribution < 1.29 is 45.8 Å². The molecule has 6 nitrogen and oxygen atoms in total. The first-order valence-electron chi connectivity index (χ1n) is 11.2. The molecule has 196 valence electrons. The van der Waals surface area contributed by atoms with Crippen LogP contribution in [0.25, 0.3) is 0 Å². The molecule has 37 heavy (non-hydrogen) atoms. The zero-order valence-electron chi connectivity index (χ0n) is 20.1. The van der Waals surface area contributed by atoms with Crippen LogP contribution >= 0.6 is 0 Å². The molecule has 1 aliphatic heterocycles. The third-order valence-corrected chi connectivity index (χ3v) is 6.36. The van der Waals surface area contributed by atoms with Crippen molar-refractivity contribution in [2.24, 2.45) is 0 Å². The number of allylic oxidation sites excluding steroid dienone is 3. The number of hydrogen-bond donors (Lipinski definition) is 1. The maximum Gasteiger partial charge on any atom is 0.336 e. The molecule has 1 aliphatic carbocycles. The normalized spacial score (nSPS) is 17.4. The quantitative estimate of drug-likeness (QED) is 0.246. The Hall–Kier alpha value is -3.89. The van der Waals surface area contributed by atoms with Gasteiger partial charge in [0.25, 0.3) is 0 Å². The van der Waals surface area contributed by atoms with Gasteiger partial charge in [-0.05, 0) is 37.5 Å². The molecule has 2 aromatic rings. The lowest BCUT2D eigenvalue weighted by atomic mass is 9.75. The Bertz CT molecular complexity index is 1340. The number of dihydropyridines is 1. The number of carbonyl (C=O) groups excluding carboxylic acids is 2. The minimum Gasteiger partial charge on any atom is -0.496 e. The number of esters is 1. The topological polar surface area (TPSA) is 73.9 Å². The molecule has 1 unspecified atom stereocenters. The van der Waals surface area contributed by atoms with E-state index in [1.165, 1.54) is 26.4 Å². The summed E-state index contributed by atoms with van der Waals surface area (Å²) in [5.74, 6) is -13.7. The fourth-order valence-electron chi connectivity index (χ4n) is 4.65. The largest absolute Gasteiger partial charge is 0.496 e. The molecule has 2 aromatic carbocycles. The first-order valence-corrected chi connectivity index (χ1v) is 11.2. The fourth-order valence-corrected chi connectivity index (χ4v) is 4.65. The summed E-state index contributed by atoms with van der Waals surface area (Å²) in [6, 6.07) is 4.59. The number of ketones is 1. The zero-order valence-corrected chi connectivity index (χ0v) is 20.1. The Kier molecular flexibility index (Phi) is 7.24. The Morgan fingerprint density at radius 3 is 2.27 bits per heavy atom.